The Morgan fingerprint density at radius 2 is 2.50 bits per heavy atom. The molecular formula is C8H11N3S. The van der Waals surface area contributed by atoms with Crippen molar-refractivity contribution < 1.29 is 0 Å². The number of hydrogen-bond donors (Lipinski definition) is 2. The maximum Gasteiger partial charge on any atom is 0.196 e. The van der Waals surface area contributed by atoms with Crippen molar-refractivity contribution in [3.8, 4) is 0 Å². The van der Waals surface area contributed by atoms with Gasteiger partial charge in [-0.05, 0) is 37.0 Å². The molecule has 64 valence electrons. The minimum atomic E-state index is 0.295. The molecule has 0 spiro atoms. The van der Waals surface area contributed by atoms with E-state index in [1.807, 2.05) is 6.20 Å². The van der Waals surface area contributed by atoms with Gasteiger partial charge in [0.25, 0.3) is 0 Å². The number of nitrogens with zero attached hydrogens (tertiary/aromatic N) is 1. The first-order valence-corrected chi connectivity index (χ1v) is 4.49. The van der Waals surface area contributed by atoms with Gasteiger partial charge in [0, 0.05) is 17.9 Å². The average molecular weight is 181 g/mol. The van der Waals surface area contributed by atoms with Crippen molar-refractivity contribution in [1.29, 1.82) is 0 Å². The summed E-state index contributed by atoms with van der Waals surface area (Å²) in [5.41, 5.74) is 8.26. The first kappa shape index (κ1) is 7.89. The third-order valence-corrected chi connectivity index (χ3v) is 2.44. The quantitative estimate of drug-likeness (QED) is 0.586. The average Bonchev–Trinajstić information content (AvgIpc) is 2.05. The Hall–Kier alpha value is -0.740. The first-order valence-electron chi connectivity index (χ1n) is 4.08. The van der Waals surface area contributed by atoms with Gasteiger partial charge in [0.15, 0.2) is 4.77 Å². The van der Waals surface area contributed by atoms with Crippen LogP contribution in [0.3, 0.4) is 0 Å². The molecular weight excluding hydrogens is 170 g/mol. The Bertz CT molecular complexity index is 344. The zero-order chi connectivity index (χ0) is 8.55. The Morgan fingerprint density at radius 3 is 3.33 bits per heavy atom. The largest absolute Gasteiger partial charge is 0.334 e. The molecule has 1 heterocycles. The number of rotatable bonds is 0. The van der Waals surface area contributed by atoms with Gasteiger partial charge in [-0.25, -0.2) is 4.98 Å². The fraction of sp³-hybridized carbons (Fsp3) is 0.500. The van der Waals surface area contributed by atoms with Crippen molar-refractivity contribution in [2.24, 2.45) is 5.73 Å². The number of aromatic nitrogens is 2. The lowest BCUT2D eigenvalue weighted by Crippen LogP contribution is -2.28. The van der Waals surface area contributed by atoms with Gasteiger partial charge in [0.1, 0.15) is 0 Å². The van der Waals surface area contributed by atoms with E-state index in [9.17, 15) is 0 Å². The van der Waals surface area contributed by atoms with E-state index >= 15 is 0 Å². The summed E-state index contributed by atoms with van der Waals surface area (Å²) in [4.78, 5) is 7.13. The molecule has 1 aliphatic rings. The van der Waals surface area contributed by atoms with Gasteiger partial charge in [-0.3, -0.25) is 0 Å². The molecule has 1 aromatic heterocycles. The molecule has 2 rings (SSSR count). The topological polar surface area (TPSA) is 54.7 Å². The molecule has 0 fully saturated rings. The van der Waals surface area contributed by atoms with E-state index in [4.69, 9.17) is 18.0 Å². The standard InChI is InChI=1S/C8H11N3S/c9-6-1-2-7-5(3-6)4-10-8(12)11-7/h4,6H,1-3,9H2,(H,10,11,12). The van der Waals surface area contributed by atoms with Crippen LogP contribution in [0.15, 0.2) is 6.20 Å². The maximum absolute atomic E-state index is 5.82. The minimum absolute atomic E-state index is 0.295. The second-order valence-electron chi connectivity index (χ2n) is 3.20. The van der Waals surface area contributed by atoms with E-state index in [1.165, 1.54) is 11.3 Å². The monoisotopic (exact) mass is 181 g/mol. The number of hydrogen-bond acceptors (Lipinski definition) is 3. The molecule has 0 saturated heterocycles. The highest BCUT2D eigenvalue weighted by molar-refractivity contribution is 7.71. The summed E-state index contributed by atoms with van der Waals surface area (Å²) in [5.74, 6) is 0. The lowest BCUT2D eigenvalue weighted by atomic mass is 9.94. The zero-order valence-electron chi connectivity index (χ0n) is 6.71. The number of nitrogens with one attached hydrogen (secondary N) is 1. The van der Waals surface area contributed by atoms with Crippen LogP contribution in [-0.2, 0) is 12.8 Å². The van der Waals surface area contributed by atoms with Gasteiger partial charge in [0.2, 0.25) is 0 Å². The van der Waals surface area contributed by atoms with Crippen LogP contribution >= 0.6 is 12.2 Å². The van der Waals surface area contributed by atoms with Crippen LogP contribution in [0, 0.1) is 4.77 Å². The highest BCUT2D eigenvalue weighted by Crippen LogP contribution is 2.16. The minimum Gasteiger partial charge on any atom is -0.334 e. The summed E-state index contributed by atoms with van der Waals surface area (Å²) < 4.78 is 0.573. The van der Waals surface area contributed by atoms with E-state index in [-0.39, 0.29) is 0 Å². The number of H-pyrrole nitrogens is 1. The van der Waals surface area contributed by atoms with E-state index in [2.05, 4.69) is 9.97 Å². The van der Waals surface area contributed by atoms with E-state index in [1.54, 1.807) is 0 Å². The molecule has 1 unspecified atom stereocenters. The van der Waals surface area contributed by atoms with Crippen LogP contribution in [0.5, 0.6) is 0 Å². The normalized spacial score (nSPS) is 21.9. The Kier molecular flexibility index (Phi) is 1.94. The van der Waals surface area contributed by atoms with E-state index in [0.717, 1.165) is 19.3 Å². The summed E-state index contributed by atoms with van der Waals surface area (Å²) in [7, 11) is 0. The highest BCUT2D eigenvalue weighted by Gasteiger charge is 2.15. The number of aromatic amines is 1. The molecule has 4 heteroatoms. The van der Waals surface area contributed by atoms with Crippen LogP contribution in [0.25, 0.3) is 0 Å². The first-order chi connectivity index (χ1) is 5.75. The van der Waals surface area contributed by atoms with Crippen molar-refractivity contribution in [2.45, 2.75) is 25.3 Å². The van der Waals surface area contributed by atoms with Gasteiger partial charge in [-0.15, -0.1) is 0 Å². The second kappa shape index (κ2) is 2.95. The van der Waals surface area contributed by atoms with Gasteiger partial charge in [0.05, 0.1) is 0 Å². The zero-order valence-corrected chi connectivity index (χ0v) is 7.53. The number of nitrogens with two attached hydrogens (primary N) is 1. The van der Waals surface area contributed by atoms with Crippen LogP contribution in [0.1, 0.15) is 17.7 Å². The van der Waals surface area contributed by atoms with Crippen molar-refractivity contribution in [3.05, 3.63) is 22.2 Å². The summed E-state index contributed by atoms with van der Waals surface area (Å²) in [6.45, 7) is 0. The number of aryl methyl sites for hydroxylation is 1. The predicted molar refractivity (Wildman–Crippen MR) is 49.4 cm³/mol. The fourth-order valence-corrected chi connectivity index (χ4v) is 1.75. The predicted octanol–water partition coefficient (Wildman–Crippen LogP) is 0.955. The molecule has 1 atom stereocenters. The fourth-order valence-electron chi connectivity index (χ4n) is 1.57. The molecule has 3 N–H and O–H groups in total. The van der Waals surface area contributed by atoms with Crippen LogP contribution in [0.2, 0.25) is 0 Å². The van der Waals surface area contributed by atoms with Crippen molar-refractivity contribution in [2.75, 3.05) is 0 Å². The SMILES string of the molecule is NC1CCc2[nH]c(=S)ncc2C1. The van der Waals surface area contributed by atoms with Gasteiger partial charge in [-0.2, -0.15) is 0 Å². The molecule has 0 bridgehead atoms. The lowest BCUT2D eigenvalue weighted by molar-refractivity contribution is 0.563. The van der Waals surface area contributed by atoms with Crippen molar-refractivity contribution in [1.82, 2.24) is 9.97 Å². The van der Waals surface area contributed by atoms with Gasteiger partial charge >= 0.3 is 0 Å². The molecule has 0 saturated carbocycles. The van der Waals surface area contributed by atoms with Crippen molar-refractivity contribution in [3.63, 3.8) is 0 Å². The molecule has 0 aliphatic heterocycles. The van der Waals surface area contributed by atoms with E-state index in [0.29, 0.717) is 10.8 Å². The Balaban J connectivity index is 2.43. The summed E-state index contributed by atoms with van der Waals surface area (Å²) in [5, 5.41) is 0. The van der Waals surface area contributed by atoms with E-state index < -0.39 is 0 Å². The van der Waals surface area contributed by atoms with Gasteiger partial charge in [-0.1, -0.05) is 0 Å². The molecule has 0 aromatic carbocycles. The third-order valence-electron chi connectivity index (χ3n) is 2.23. The summed E-state index contributed by atoms with van der Waals surface area (Å²) in [6.07, 6.45) is 4.81. The molecule has 1 aliphatic carbocycles. The second-order valence-corrected chi connectivity index (χ2v) is 3.58. The Morgan fingerprint density at radius 1 is 1.67 bits per heavy atom. The summed E-state index contributed by atoms with van der Waals surface area (Å²) >= 11 is 4.93. The molecule has 1 aromatic rings. The van der Waals surface area contributed by atoms with Gasteiger partial charge < -0.3 is 10.7 Å². The highest BCUT2D eigenvalue weighted by atomic mass is 32.1. The number of fused-ring (bicyclic) bond motifs is 1. The molecule has 12 heavy (non-hydrogen) atoms. The van der Waals surface area contributed by atoms with Crippen LogP contribution in [0.4, 0.5) is 0 Å². The van der Waals surface area contributed by atoms with Crippen LogP contribution in [-0.4, -0.2) is 16.0 Å². The maximum atomic E-state index is 5.82. The lowest BCUT2D eigenvalue weighted by Gasteiger charge is -2.19. The smallest absolute Gasteiger partial charge is 0.196 e. The Labute approximate surface area is 76.0 Å². The molecule has 3 nitrogen and oxygen atoms in total. The van der Waals surface area contributed by atoms with Crippen LogP contribution < -0.4 is 5.73 Å². The van der Waals surface area contributed by atoms with Crippen molar-refractivity contribution >= 4 is 12.2 Å². The third kappa shape index (κ3) is 1.40. The summed E-state index contributed by atoms with van der Waals surface area (Å²) in [6, 6.07) is 0.295. The molecule has 0 amide bonds. The molecule has 0 radical (unpaired) electrons.